The highest BCUT2D eigenvalue weighted by Gasteiger charge is 2.13. The van der Waals surface area contributed by atoms with Crippen LogP contribution in [0.5, 0.6) is 0 Å². The number of aromatic carboxylic acids is 1. The summed E-state index contributed by atoms with van der Waals surface area (Å²) in [6.07, 6.45) is 0.618. The fourth-order valence-electron chi connectivity index (χ4n) is 0.929. The Balaban J connectivity index is 2.73. The van der Waals surface area contributed by atoms with Crippen LogP contribution in [0.15, 0.2) is 5.38 Å². The zero-order chi connectivity index (χ0) is 9.84. The van der Waals surface area contributed by atoms with Crippen molar-refractivity contribution in [1.29, 1.82) is 0 Å². The van der Waals surface area contributed by atoms with Gasteiger partial charge in [-0.05, 0) is 6.42 Å². The minimum Gasteiger partial charge on any atom is -0.476 e. The summed E-state index contributed by atoms with van der Waals surface area (Å²) in [6, 6.07) is 0. The molecule has 1 aromatic rings. The Bertz CT molecular complexity index is 297. The van der Waals surface area contributed by atoms with Gasteiger partial charge in [0.1, 0.15) is 0 Å². The Kier molecular flexibility index (Phi) is 3.39. The lowest BCUT2D eigenvalue weighted by atomic mass is 10.1. The van der Waals surface area contributed by atoms with E-state index in [9.17, 15) is 4.79 Å². The quantitative estimate of drug-likeness (QED) is 0.771. The number of hydrogen-bond donors (Lipinski definition) is 2. The molecule has 72 valence electrons. The van der Waals surface area contributed by atoms with Crippen LogP contribution < -0.4 is 0 Å². The van der Waals surface area contributed by atoms with Gasteiger partial charge in [0.05, 0.1) is 5.01 Å². The molecule has 0 fully saturated rings. The van der Waals surface area contributed by atoms with Gasteiger partial charge in [0.2, 0.25) is 0 Å². The van der Waals surface area contributed by atoms with Gasteiger partial charge in [0, 0.05) is 17.9 Å². The Morgan fingerprint density at radius 3 is 2.92 bits per heavy atom. The number of carboxylic acid groups (broad SMARTS) is 1. The van der Waals surface area contributed by atoms with Crippen LogP contribution >= 0.6 is 11.3 Å². The predicted molar refractivity (Wildman–Crippen MR) is 49.2 cm³/mol. The molecule has 1 heterocycles. The van der Waals surface area contributed by atoms with Gasteiger partial charge in [0.25, 0.3) is 0 Å². The smallest absolute Gasteiger partial charge is 0.355 e. The second-order valence-electron chi connectivity index (χ2n) is 2.79. The molecule has 0 aliphatic heterocycles. The number of rotatable bonds is 4. The number of aromatic nitrogens is 1. The van der Waals surface area contributed by atoms with Gasteiger partial charge in [-0.3, -0.25) is 0 Å². The minimum atomic E-state index is -1.00. The van der Waals surface area contributed by atoms with Crippen LogP contribution in [-0.4, -0.2) is 27.8 Å². The summed E-state index contributed by atoms with van der Waals surface area (Å²) in [6.45, 7) is 2.02. The highest BCUT2D eigenvalue weighted by Crippen LogP contribution is 2.22. The SMILES string of the molecule is CC(CCO)c1nc(C(=O)O)cs1. The zero-order valence-corrected chi connectivity index (χ0v) is 8.04. The lowest BCUT2D eigenvalue weighted by molar-refractivity contribution is 0.0691. The molecule has 0 aliphatic rings. The first-order valence-corrected chi connectivity index (χ1v) is 4.82. The molecule has 1 unspecified atom stereocenters. The van der Waals surface area contributed by atoms with Crippen molar-refractivity contribution < 1.29 is 15.0 Å². The molecule has 0 bridgehead atoms. The van der Waals surface area contributed by atoms with Gasteiger partial charge in [-0.15, -0.1) is 11.3 Å². The van der Waals surface area contributed by atoms with E-state index >= 15 is 0 Å². The predicted octanol–water partition coefficient (Wildman–Crippen LogP) is 1.33. The van der Waals surface area contributed by atoms with Gasteiger partial charge in [-0.25, -0.2) is 9.78 Å². The Morgan fingerprint density at radius 2 is 2.46 bits per heavy atom. The van der Waals surface area contributed by atoms with Crippen LogP contribution in [0.25, 0.3) is 0 Å². The van der Waals surface area contributed by atoms with Crippen molar-refractivity contribution in [3.63, 3.8) is 0 Å². The third-order valence-electron chi connectivity index (χ3n) is 1.72. The van der Waals surface area contributed by atoms with E-state index < -0.39 is 5.97 Å². The van der Waals surface area contributed by atoms with Gasteiger partial charge in [-0.1, -0.05) is 6.92 Å². The molecule has 0 spiro atoms. The zero-order valence-electron chi connectivity index (χ0n) is 7.23. The van der Waals surface area contributed by atoms with E-state index in [2.05, 4.69) is 4.98 Å². The molecule has 0 saturated carbocycles. The number of nitrogens with zero attached hydrogens (tertiary/aromatic N) is 1. The molecular weight excluding hydrogens is 190 g/mol. The van der Waals surface area contributed by atoms with Crippen molar-refractivity contribution in [3.8, 4) is 0 Å². The second kappa shape index (κ2) is 4.34. The van der Waals surface area contributed by atoms with E-state index in [1.54, 1.807) is 0 Å². The maximum atomic E-state index is 10.5. The van der Waals surface area contributed by atoms with E-state index in [0.717, 1.165) is 5.01 Å². The van der Waals surface area contributed by atoms with Crippen molar-refractivity contribution in [2.24, 2.45) is 0 Å². The summed E-state index contributed by atoms with van der Waals surface area (Å²) in [5.41, 5.74) is 0.0878. The molecule has 5 heteroatoms. The molecule has 13 heavy (non-hydrogen) atoms. The van der Waals surface area contributed by atoms with Crippen LogP contribution in [0, 0.1) is 0 Å². The summed E-state index contributed by atoms with van der Waals surface area (Å²) in [5, 5.41) is 19.6. The Hall–Kier alpha value is -0.940. The normalized spacial score (nSPS) is 12.8. The van der Waals surface area contributed by atoms with Gasteiger partial charge >= 0.3 is 5.97 Å². The summed E-state index contributed by atoms with van der Waals surface area (Å²) in [7, 11) is 0. The molecule has 0 saturated heterocycles. The molecular formula is C8H11NO3S. The molecule has 2 N–H and O–H groups in total. The van der Waals surface area contributed by atoms with E-state index in [1.807, 2.05) is 6.92 Å². The van der Waals surface area contributed by atoms with Gasteiger partial charge < -0.3 is 10.2 Å². The van der Waals surface area contributed by atoms with Crippen molar-refractivity contribution in [1.82, 2.24) is 4.98 Å². The topological polar surface area (TPSA) is 70.4 Å². The van der Waals surface area contributed by atoms with Gasteiger partial charge in [-0.2, -0.15) is 0 Å². The van der Waals surface area contributed by atoms with Gasteiger partial charge in [0.15, 0.2) is 5.69 Å². The lowest BCUT2D eigenvalue weighted by Crippen LogP contribution is -1.99. The molecule has 0 radical (unpaired) electrons. The molecule has 1 atom stereocenters. The van der Waals surface area contributed by atoms with Crippen LogP contribution in [-0.2, 0) is 0 Å². The first-order valence-electron chi connectivity index (χ1n) is 3.94. The average Bonchev–Trinajstić information content (AvgIpc) is 2.52. The number of hydrogen-bond acceptors (Lipinski definition) is 4. The molecule has 4 nitrogen and oxygen atoms in total. The minimum absolute atomic E-state index is 0.0878. The number of carboxylic acids is 1. The fourth-order valence-corrected chi connectivity index (χ4v) is 1.82. The lowest BCUT2D eigenvalue weighted by Gasteiger charge is -2.03. The van der Waals surface area contributed by atoms with Crippen LogP contribution in [0.4, 0.5) is 0 Å². The summed E-state index contributed by atoms with van der Waals surface area (Å²) < 4.78 is 0. The first-order chi connectivity index (χ1) is 6.15. The number of aliphatic hydroxyl groups excluding tert-OH is 1. The van der Waals surface area contributed by atoms with E-state index in [-0.39, 0.29) is 18.2 Å². The van der Waals surface area contributed by atoms with Crippen molar-refractivity contribution in [2.45, 2.75) is 19.3 Å². The van der Waals surface area contributed by atoms with E-state index in [0.29, 0.717) is 6.42 Å². The van der Waals surface area contributed by atoms with Crippen LogP contribution in [0.2, 0.25) is 0 Å². The van der Waals surface area contributed by atoms with Crippen molar-refractivity contribution in [3.05, 3.63) is 16.1 Å². The second-order valence-corrected chi connectivity index (χ2v) is 3.68. The summed E-state index contributed by atoms with van der Waals surface area (Å²) in [5.74, 6) is -0.873. The maximum Gasteiger partial charge on any atom is 0.355 e. The molecule has 0 aliphatic carbocycles. The van der Waals surface area contributed by atoms with Crippen LogP contribution in [0.1, 0.15) is 34.8 Å². The maximum absolute atomic E-state index is 10.5. The third kappa shape index (κ3) is 2.50. The van der Waals surface area contributed by atoms with Crippen molar-refractivity contribution in [2.75, 3.05) is 6.61 Å². The van der Waals surface area contributed by atoms with E-state index in [1.165, 1.54) is 16.7 Å². The van der Waals surface area contributed by atoms with Crippen molar-refractivity contribution >= 4 is 17.3 Å². The third-order valence-corrected chi connectivity index (χ3v) is 2.80. The highest BCUT2D eigenvalue weighted by molar-refractivity contribution is 7.09. The molecule has 1 aromatic heterocycles. The molecule has 0 aromatic carbocycles. The molecule has 1 rings (SSSR count). The number of carbonyl (C=O) groups is 1. The summed E-state index contributed by atoms with van der Waals surface area (Å²) >= 11 is 1.32. The standard InChI is InChI=1S/C8H11NO3S/c1-5(2-3-10)7-9-6(4-13-7)8(11)12/h4-5,10H,2-3H2,1H3,(H,11,12). The fraction of sp³-hybridized carbons (Fsp3) is 0.500. The average molecular weight is 201 g/mol. The number of aliphatic hydroxyl groups is 1. The highest BCUT2D eigenvalue weighted by atomic mass is 32.1. The number of thiazole rings is 1. The Morgan fingerprint density at radius 1 is 1.77 bits per heavy atom. The monoisotopic (exact) mass is 201 g/mol. The van der Waals surface area contributed by atoms with Crippen LogP contribution in [0.3, 0.4) is 0 Å². The Labute approximate surface area is 79.9 Å². The van der Waals surface area contributed by atoms with E-state index in [4.69, 9.17) is 10.2 Å². The summed E-state index contributed by atoms with van der Waals surface area (Å²) in [4.78, 5) is 14.4. The first kappa shape index (κ1) is 10.1. The largest absolute Gasteiger partial charge is 0.476 e. The molecule has 0 amide bonds.